The Bertz CT molecular complexity index is 815. The Labute approximate surface area is 153 Å². The molecule has 0 radical (unpaired) electrons. The molecule has 26 heavy (non-hydrogen) atoms. The minimum Gasteiger partial charge on any atom is -0.484 e. The van der Waals surface area contributed by atoms with Gasteiger partial charge in [-0.2, -0.15) is 0 Å². The number of ether oxygens (including phenoxy) is 1. The standard InChI is InChI=1S/C21H22N2O3/c24-20(14-26-18-6-2-1-3-7-18)22-17-11-10-15-5-4-12-23(19(15)13-17)21(25)16-8-9-16/h1-3,6-7,10-11,13,16H,4-5,8-9,12,14H2,(H,22,24). The molecule has 0 spiro atoms. The maximum atomic E-state index is 12.5. The zero-order chi connectivity index (χ0) is 17.9. The quantitative estimate of drug-likeness (QED) is 0.899. The lowest BCUT2D eigenvalue weighted by atomic mass is 10.0. The first-order valence-corrected chi connectivity index (χ1v) is 9.13. The van der Waals surface area contributed by atoms with Crippen LogP contribution in [0.25, 0.3) is 0 Å². The van der Waals surface area contributed by atoms with Crippen molar-refractivity contribution in [1.82, 2.24) is 0 Å². The Morgan fingerprint density at radius 1 is 1.12 bits per heavy atom. The number of amides is 2. The second kappa shape index (κ2) is 7.20. The van der Waals surface area contributed by atoms with Crippen LogP contribution in [0.15, 0.2) is 48.5 Å². The summed E-state index contributed by atoms with van der Waals surface area (Å²) in [4.78, 5) is 26.6. The average molecular weight is 350 g/mol. The van der Waals surface area contributed by atoms with Crippen molar-refractivity contribution in [3.63, 3.8) is 0 Å². The number of rotatable bonds is 5. The Kier molecular flexibility index (Phi) is 4.61. The molecule has 1 N–H and O–H groups in total. The van der Waals surface area contributed by atoms with Crippen LogP contribution in [0, 0.1) is 5.92 Å². The molecule has 2 amide bonds. The van der Waals surface area contributed by atoms with Crippen molar-refractivity contribution in [3.05, 3.63) is 54.1 Å². The summed E-state index contributed by atoms with van der Waals surface area (Å²) in [6.07, 6.45) is 3.95. The van der Waals surface area contributed by atoms with Gasteiger partial charge in [0.05, 0.1) is 0 Å². The number of benzene rings is 2. The number of anilines is 2. The predicted octanol–water partition coefficient (Wildman–Crippen LogP) is 3.39. The van der Waals surface area contributed by atoms with E-state index < -0.39 is 0 Å². The van der Waals surface area contributed by atoms with Crippen molar-refractivity contribution in [2.45, 2.75) is 25.7 Å². The molecule has 0 saturated heterocycles. The SMILES string of the molecule is O=C(COc1ccccc1)Nc1ccc2c(c1)N(C(=O)C1CC1)CCC2. The van der Waals surface area contributed by atoms with E-state index in [0.29, 0.717) is 11.4 Å². The summed E-state index contributed by atoms with van der Waals surface area (Å²) in [6.45, 7) is 0.711. The van der Waals surface area contributed by atoms with Gasteiger partial charge in [-0.15, -0.1) is 0 Å². The third-order valence-electron chi connectivity index (χ3n) is 4.79. The van der Waals surface area contributed by atoms with Crippen LogP contribution < -0.4 is 15.0 Å². The summed E-state index contributed by atoms with van der Waals surface area (Å²) in [7, 11) is 0. The third kappa shape index (κ3) is 3.72. The van der Waals surface area contributed by atoms with E-state index in [1.807, 2.05) is 53.4 Å². The third-order valence-corrected chi connectivity index (χ3v) is 4.79. The molecule has 0 aromatic heterocycles. The molecule has 5 heteroatoms. The van der Waals surface area contributed by atoms with E-state index in [2.05, 4.69) is 5.32 Å². The molecule has 2 aromatic carbocycles. The van der Waals surface area contributed by atoms with Crippen molar-refractivity contribution in [1.29, 1.82) is 0 Å². The highest BCUT2D eigenvalue weighted by atomic mass is 16.5. The Morgan fingerprint density at radius 2 is 1.92 bits per heavy atom. The van der Waals surface area contributed by atoms with Gasteiger partial charge in [0.25, 0.3) is 5.91 Å². The maximum Gasteiger partial charge on any atom is 0.262 e. The first kappa shape index (κ1) is 16.6. The van der Waals surface area contributed by atoms with Crippen LogP contribution >= 0.6 is 0 Å². The van der Waals surface area contributed by atoms with Crippen molar-refractivity contribution in [2.75, 3.05) is 23.4 Å². The van der Waals surface area contributed by atoms with E-state index in [-0.39, 0.29) is 24.3 Å². The van der Waals surface area contributed by atoms with E-state index in [1.54, 1.807) is 0 Å². The van der Waals surface area contributed by atoms with Crippen LogP contribution in [0.4, 0.5) is 11.4 Å². The van der Waals surface area contributed by atoms with E-state index in [4.69, 9.17) is 4.74 Å². The minimum atomic E-state index is -0.218. The van der Waals surface area contributed by atoms with Gasteiger partial charge in [0.2, 0.25) is 5.91 Å². The molecule has 4 rings (SSSR count). The normalized spacial score (nSPS) is 15.9. The zero-order valence-corrected chi connectivity index (χ0v) is 14.6. The molecular weight excluding hydrogens is 328 g/mol. The molecule has 5 nitrogen and oxygen atoms in total. The first-order chi connectivity index (χ1) is 12.7. The molecule has 2 aromatic rings. The number of carbonyl (C=O) groups is 2. The highest BCUT2D eigenvalue weighted by Gasteiger charge is 2.35. The highest BCUT2D eigenvalue weighted by molar-refractivity contribution is 5.99. The smallest absolute Gasteiger partial charge is 0.262 e. The molecule has 1 aliphatic heterocycles. The molecule has 1 heterocycles. The van der Waals surface area contributed by atoms with Gasteiger partial charge < -0.3 is 15.0 Å². The molecular formula is C21H22N2O3. The molecule has 1 fully saturated rings. The van der Waals surface area contributed by atoms with E-state index >= 15 is 0 Å². The van der Waals surface area contributed by atoms with Gasteiger partial charge in [0, 0.05) is 23.8 Å². The fraction of sp³-hybridized carbons (Fsp3) is 0.333. The van der Waals surface area contributed by atoms with Crippen LogP contribution in [0.3, 0.4) is 0 Å². The highest BCUT2D eigenvalue weighted by Crippen LogP contribution is 2.36. The van der Waals surface area contributed by atoms with Crippen LogP contribution in [-0.2, 0) is 16.0 Å². The van der Waals surface area contributed by atoms with Gasteiger partial charge in [-0.05, 0) is 55.5 Å². The number of aryl methyl sites for hydroxylation is 1. The van der Waals surface area contributed by atoms with Crippen molar-refractivity contribution in [2.24, 2.45) is 5.92 Å². The lowest BCUT2D eigenvalue weighted by Crippen LogP contribution is -2.36. The van der Waals surface area contributed by atoms with Crippen LogP contribution in [0.2, 0.25) is 0 Å². The summed E-state index contributed by atoms with van der Waals surface area (Å²) < 4.78 is 5.48. The van der Waals surface area contributed by atoms with Crippen LogP contribution in [-0.4, -0.2) is 25.0 Å². The van der Waals surface area contributed by atoms with Gasteiger partial charge in [-0.3, -0.25) is 9.59 Å². The molecule has 2 aliphatic rings. The number of hydrogen-bond acceptors (Lipinski definition) is 3. The van der Waals surface area contributed by atoms with Gasteiger partial charge in [0.15, 0.2) is 6.61 Å². The first-order valence-electron chi connectivity index (χ1n) is 9.13. The predicted molar refractivity (Wildman–Crippen MR) is 100 cm³/mol. The van der Waals surface area contributed by atoms with Crippen molar-refractivity contribution >= 4 is 23.2 Å². The van der Waals surface area contributed by atoms with E-state index in [0.717, 1.165) is 37.9 Å². The number of nitrogens with zero attached hydrogens (tertiary/aromatic N) is 1. The number of hydrogen-bond donors (Lipinski definition) is 1. The summed E-state index contributed by atoms with van der Waals surface area (Å²) in [5.41, 5.74) is 2.81. The van der Waals surface area contributed by atoms with Crippen LogP contribution in [0.5, 0.6) is 5.75 Å². The van der Waals surface area contributed by atoms with Gasteiger partial charge in [-0.25, -0.2) is 0 Å². The topological polar surface area (TPSA) is 58.6 Å². The number of para-hydroxylation sites is 1. The second-order valence-electron chi connectivity index (χ2n) is 6.86. The van der Waals surface area contributed by atoms with Gasteiger partial charge >= 0.3 is 0 Å². The lowest BCUT2D eigenvalue weighted by Gasteiger charge is -2.30. The largest absolute Gasteiger partial charge is 0.484 e. The minimum absolute atomic E-state index is 0.0498. The summed E-state index contributed by atoms with van der Waals surface area (Å²) >= 11 is 0. The van der Waals surface area contributed by atoms with Crippen molar-refractivity contribution in [3.8, 4) is 5.75 Å². The second-order valence-corrected chi connectivity index (χ2v) is 6.86. The molecule has 1 saturated carbocycles. The monoisotopic (exact) mass is 350 g/mol. The van der Waals surface area contributed by atoms with Gasteiger partial charge in [-0.1, -0.05) is 24.3 Å². The molecule has 1 aliphatic carbocycles. The van der Waals surface area contributed by atoms with E-state index in [9.17, 15) is 9.59 Å². The zero-order valence-electron chi connectivity index (χ0n) is 14.6. The summed E-state index contributed by atoms with van der Waals surface area (Å²) in [6, 6.07) is 15.1. The Balaban J connectivity index is 1.43. The number of fused-ring (bicyclic) bond motifs is 1. The lowest BCUT2D eigenvalue weighted by molar-refractivity contribution is -0.120. The van der Waals surface area contributed by atoms with Gasteiger partial charge in [0.1, 0.15) is 5.75 Å². The fourth-order valence-corrected chi connectivity index (χ4v) is 3.29. The molecule has 134 valence electrons. The summed E-state index contributed by atoms with van der Waals surface area (Å²) in [5, 5.41) is 2.86. The average Bonchev–Trinajstić information content (AvgIpc) is 3.51. The summed E-state index contributed by atoms with van der Waals surface area (Å²) in [5.74, 6) is 0.860. The number of carbonyl (C=O) groups excluding carboxylic acids is 2. The Morgan fingerprint density at radius 3 is 2.69 bits per heavy atom. The number of nitrogens with one attached hydrogen (secondary N) is 1. The fourth-order valence-electron chi connectivity index (χ4n) is 3.29. The molecule has 0 atom stereocenters. The van der Waals surface area contributed by atoms with E-state index in [1.165, 1.54) is 5.56 Å². The van der Waals surface area contributed by atoms with Crippen molar-refractivity contribution < 1.29 is 14.3 Å². The molecule has 0 bridgehead atoms. The van der Waals surface area contributed by atoms with Crippen LogP contribution in [0.1, 0.15) is 24.8 Å². The Hall–Kier alpha value is -2.82. The maximum absolute atomic E-state index is 12.5. The molecule has 0 unspecified atom stereocenters.